The Bertz CT molecular complexity index is 374. The maximum absolute atomic E-state index is 11.9. The summed E-state index contributed by atoms with van der Waals surface area (Å²) in [5.41, 5.74) is 3.41. The molecular weight excluding hydrogens is 238 g/mol. The third kappa shape index (κ3) is 3.38. The lowest BCUT2D eigenvalue weighted by Gasteiger charge is -2.26. The Morgan fingerprint density at radius 1 is 1.28 bits per heavy atom. The van der Waals surface area contributed by atoms with E-state index in [0.29, 0.717) is 23.8 Å². The maximum Gasteiger partial charge on any atom is 0.223 e. The van der Waals surface area contributed by atoms with Gasteiger partial charge in [0.05, 0.1) is 0 Å². The number of carbonyl (C=O) groups excluding carboxylic acids is 1. The Morgan fingerprint density at radius 3 is 2.72 bits per heavy atom. The van der Waals surface area contributed by atoms with Gasteiger partial charge in [0.1, 0.15) is 8.07 Å². The summed E-state index contributed by atoms with van der Waals surface area (Å²) in [6.07, 6.45) is 6.86. The van der Waals surface area contributed by atoms with Crippen LogP contribution in [0.2, 0.25) is 19.6 Å². The first kappa shape index (κ1) is 13.7. The number of carbonyl (C=O) groups is 1. The van der Waals surface area contributed by atoms with E-state index in [1.165, 1.54) is 19.3 Å². The van der Waals surface area contributed by atoms with Crippen LogP contribution in [-0.4, -0.2) is 20.0 Å². The smallest absolute Gasteiger partial charge is 0.223 e. The number of fused-ring (bicyclic) bond motifs is 1. The van der Waals surface area contributed by atoms with Crippen LogP contribution in [0.15, 0.2) is 0 Å². The molecule has 2 fully saturated rings. The Morgan fingerprint density at radius 2 is 2.00 bits per heavy atom. The van der Waals surface area contributed by atoms with E-state index < -0.39 is 8.07 Å². The molecule has 100 valence electrons. The molecule has 1 heterocycles. The highest BCUT2D eigenvalue weighted by Gasteiger charge is 2.42. The molecule has 3 heteroatoms. The van der Waals surface area contributed by atoms with Gasteiger partial charge in [-0.2, -0.15) is 0 Å². The largest absolute Gasteiger partial charge is 0.353 e. The quantitative estimate of drug-likeness (QED) is 0.602. The first-order valence-electron chi connectivity index (χ1n) is 7.28. The Labute approximate surface area is 112 Å². The molecule has 0 aromatic rings. The minimum absolute atomic E-state index is 0.308. The minimum Gasteiger partial charge on any atom is -0.353 e. The van der Waals surface area contributed by atoms with Gasteiger partial charge in [-0.1, -0.05) is 32.5 Å². The van der Waals surface area contributed by atoms with Crippen molar-refractivity contribution in [2.24, 2.45) is 11.8 Å². The van der Waals surface area contributed by atoms with Gasteiger partial charge in [-0.05, 0) is 25.2 Å². The van der Waals surface area contributed by atoms with E-state index in [4.69, 9.17) is 0 Å². The molecule has 1 saturated carbocycles. The second kappa shape index (κ2) is 5.48. The number of nitrogens with one attached hydrogen (secondary N) is 1. The molecular formula is C15H25NOSi. The topological polar surface area (TPSA) is 29.1 Å². The lowest BCUT2D eigenvalue weighted by Crippen LogP contribution is -2.29. The number of amides is 1. The molecule has 0 spiro atoms. The van der Waals surface area contributed by atoms with Crippen LogP contribution < -0.4 is 5.32 Å². The van der Waals surface area contributed by atoms with Crippen molar-refractivity contribution in [1.29, 1.82) is 0 Å². The number of hydrogen-bond acceptors (Lipinski definition) is 1. The van der Waals surface area contributed by atoms with Crippen molar-refractivity contribution in [3.05, 3.63) is 0 Å². The molecule has 2 nitrogen and oxygen atoms in total. The van der Waals surface area contributed by atoms with Crippen LogP contribution in [0, 0.1) is 23.3 Å². The first-order valence-corrected chi connectivity index (χ1v) is 10.8. The Hall–Kier alpha value is -0.753. The maximum atomic E-state index is 11.9. The van der Waals surface area contributed by atoms with E-state index in [2.05, 4.69) is 36.4 Å². The lowest BCUT2D eigenvalue weighted by atomic mass is 9.77. The Balaban J connectivity index is 1.86. The third-order valence-electron chi connectivity index (χ3n) is 4.04. The highest BCUT2D eigenvalue weighted by atomic mass is 28.3. The van der Waals surface area contributed by atoms with Crippen molar-refractivity contribution in [1.82, 2.24) is 5.32 Å². The van der Waals surface area contributed by atoms with Gasteiger partial charge in [0.2, 0.25) is 5.91 Å². The van der Waals surface area contributed by atoms with Crippen molar-refractivity contribution < 1.29 is 4.79 Å². The molecule has 1 aliphatic heterocycles. The molecule has 0 aromatic carbocycles. The molecule has 18 heavy (non-hydrogen) atoms. The van der Waals surface area contributed by atoms with Crippen molar-refractivity contribution in [2.45, 2.75) is 64.2 Å². The van der Waals surface area contributed by atoms with Gasteiger partial charge in [-0.15, -0.1) is 11.5 Å². The third-order valence-corrected chi connectivity index (χ3v) is 4.97. The summed E-state index contributed by atoms with van der Waals surface area (Å²) in [6, 6.07) is 0.402. The summed E-state index contributed by atoms with van der Waals surface area (Å²) in [4.78, 5) is 11.9. The fourth-order valence-corrected chi connectivity index (χ4v) is 3.86. The fraction of sp³-hybridized carbons (Fsp3) is 0.800. The summed E-state index contributed by atoms with van der Waals surface area (Å²) in [6.45, 7) is 6.82. The summed E-state index contributed by atoms with van der Waals surface area (Å²) in [5.74, 6) is 4.54. The molecule has 2 rings (SSSR count). The summed E-state index contributed by atoms with van der Waals surface area (Å²) in [7, 11) is -1.23. The van der Waals surface area contributed by atoms with Crippen LogP contribution in [0.25, 0.3) is 0 Å². The summed E-state index contributed by atoms with van der Waals surface area (Å²) >= 11 is 0. The zero-order valence-electron chi connectivity index (χ0n) is 11.9. The van der Waals surface area contributed by atoms with Crippen molar-refractivity contribution in [3.8, 4) is 11.5 Å². The zero-order chi connectivity index (χ0) is 13.2. The van der Waals surface area contributed by atoms with Crippen LogP contribution in [-0.2, 0) is 4.79 Å². The summed E-state index contributed by atoms with van der Waals surface area (Å²) < 4.78 is 0. The van der Waals surface area contributed by atoms with E-state index >= 15 is 0 Å². The molecule has 0 radical (unpaired) electrons. The second-order valence-electron chi connectivity index (χ2n) is 6.76. The van der Waals surface area contributed by atoms with Crippen LogP contribution >= 0.6 is 0 Å². The van der Waals surface area contributed by atoms with Gasteiger partial charge < -0.3 is 5.32 Å². The highest BCUT2D eigenvalue weighted by Crippen LogP contribution is 2.37. The van der Waals surface area contributed by atoms with Gasteiger partial charge in [0, 0.05) is 18.4 Å². The molecule has 1 N–H and O–H groups in total. The predicted octanol–water partition coefficient (Wildman–Crippen LogP) is 2.95. The SMILES string of the molecule is C[Si](C)(C)C#CCC[C@@H]1NC(=O)[C@H]2CCCC[C@@H]12. The van der Waals surface area contributed by atoms with Crippen LogP contribution in [0.4, 0.5) is 0 Å². The van der Waals surface area contributed by atoms with Gasteiger partial charge in [-0.25, -0.2) is 0 Å². The van der Waals surface area contributed by atoms with Crippen molar-refractivity contribution >= 4 is 14.0 Å². The predicted molar refractivity (Wildman–Crippen MR) is 77.7 cm³/mol. The molecule has 0 aromatic heterocycles. The summed E-state index contributed by atoms with van der Waals surface area (Å²) in [5, 5.41) is 3.20. The van der Waals surface area contributed by atoms with E-state index in [9.17, 15) is 4.79 Å². The van der Waals surface area contributed by atoms with E-state index in [1.807, 2.05) is 0 Å². The van der Waals surface area contributed by atoms with Crippen molar-refractivity contribution in [3.63, 3.8) is 0 Å². The molecule has 1 saturated heterocycles. The van der Waals surface area contributed by atoms with E-state index in [1.54, 1.807) is 0 Å². The zero-order valence-corrected chi connectivity index (χ0v) is 12.9. The lowest BCUT2D eigenvalue weighted by molar-refractivity contribution is -0.123. The molecule has 3 atom stereocenters. The molecule has 0 unspecified atom stereocenters. The number of hydrogen-bond donors (Lipinski definition) is 1. The first-order chi connectivity index (χ1) is 8.47. The monoisotopic (exact) mass is 263 g/mol. The second-order valence-corrected chi connectivity index (χ2v) is 11.5. The van der Waals surface area contributed by atoms with Crippen LogP contribution in [0.1, 0.15) is 38.5 Å². The van der Waals surface area contributed by atoms with Gasteiger partial charge in [0.25, 0.3) is 0 Å². The number of rotatable bonds is 2. The normalized spacial score (nSPS) is 31.3. The van der Waals surface area contributed by atoms with Crippen LogP contribution in [0.5, 0.6) is 0 Å². The van der Waals surface area contributed by atoms with Crippen LogP contribution in [0.3, 0.4) is 0 Å². The van der Waals surface area contributed by atoms with Gasteiger partial charge in [-0.3, -0.25) is 4.79 Å². The average molecular weight is 263 g/mol. The molecule has 0 bridgehead atoms. The van der Waals surface area contributed by atoms with Gasteiger partial charge >= 0.3 is 0 Å². The molecule has 2 aliphatic rings. The van der Waals surface area contributed by atoms with E-state index in [-0.39, 0.29) is 0 Å². The van der Waals surface area contributed by atoms with Crippen molar-refractivity contribution in [2.75, 3.05) is 0 Å². The Kier molecular flexibility index (Phi) is 4.16. The molecule has 1 amide bonds. The van der Waals surface area contributed by atoms with E-state index in [0.717, 1.165) is 19.3 Å². The minimum atomic E-state index is -1.23. The van der Waals surface area contributed by atoms with Gasteiger partial charge in [0.15, 0.2) is 0 Å². The fourth-order valence-electron chi connectivity index (χ4n) is 3.21. The average Bonchev–Trinajstić information content (AvgIpc) is 2.62. The highest BCUT2D eigenvalue weighted by molar-refractivity contribution is 6.83. The molecule has 1 aliphatic carbocycles. The standard InChI is InChI=1S/C15H25NOSi/c1-18(2,3)11-7-6-10-14-12-8-4-5-9-13(12)15(17)16-14/h12-14H,4-6,8-10H2,1-3H3,(H,16,17)/t12-,13+,14+/m1/s1.